The largest absolute Gasteiger partial charge is 0.277 e. The monoisotopic (exact) mass is 323 g/mol. The summed E-state index contributed by atoms with van der Waals surface area (Å²) in [6.07, 6.45) is 11.9. The second kappa shape index (κ2) is 6.97. The number of pyridine rings is 1. The van der Waals surface area contributed by atoms with Gasteiger partial charge >= 0.3 is 0 Å². The van der Waals surface area contributed by atoms with E-state index in [1.807, 2.05) is 48.7 Å². The molecule has 0 radical (unpaired) electrons. The van der Waals surface area contributed by atoms with Gasteiger partial charge in [-0.2, -0.15) is 5.10 Å². The molecule has 0 atom stereocenters. The Bertz CT molecular complexity index is 1030. The molecule has 0 aliphatic carbocycles. The lowest BCUT2D eigenvalue weighted by Crippen LogP contribution is -1.77. The third-order valence-electron chi connectivity index (χ3n) is 4.00. The number of aromatic amines is 1. The summed E-state index contributed by atoms with van der Waals surface area (Å²) in [4.78, 5) is 4.13. The molecule has 3 heteroatoms. The maximum atomic E-state index is 4.41. The minimum Gasteiger partial charge on any atom is -0.277 e. The normalized spacial score (nSPS) is 11.7. The molecule has 0 amide bonds. The van der Waals surface area contributed by atoms with Gasteiger partial charge in [0.25, 0.3) is 0 Å². The van der Waals surface area contributed by atoms with E-state index in [1.54, 1.807) is 6.20 Å². The van der Waals surface area contributed by atoms with E-state index in [0.29, 0.717) is 0 Å². The molecule has 0 aliphatic rings. The third-order valence-corrected chi connectivity index (χ3v) is 4.00. The highest BCUT2D eigenvalue weighted by Crippen LogP contribution is 2.21. The summed E-state index contributed by atoms with van der Waals surface area (Å²) < 4.78 is 0. The Hall–Kier alpha value is -3.46. The van der Waals surface area contributed by atoms with Gasteiger partial charge in [-0.1, -0.05) is 60.7 Å². The summed E-state index contributed by atoms with van der Waals surface area (Å²) in [6.45, 7) is 0. The third kappa shape index (κ3) is 3.56. The molecule has 2 aromatic carbocycles. The fraction of sp³-hybridized carbons (Fsp3) is 0. The molecule has 120 valence electrons. The number of fused-ring (bicyclic) bond motifs is 1. The van der Waals surface area contributed by atoms with Crippen molar-refractivity contribution in [2.45, 2.75) is 0 Å². The van der Waals surface area contributed by atoms with E-state index in [-0.39, 0.29) is 0 Å². The zero-order chi connectivity index (χ0) is 16.9. The summed E-state index contributed by atoms with van der Waals surface area (Å²) in [5.41, 5.74) is 5.34. The van der Waals surface area contributed by atoms with Gasteiger partial charge in [0.1, 0.15) is 0 Å². The minimum atomic E-state index is 0.925. The average molecular weight is 323 g/mol. The van der Waals surface area contributed by atoms with Crippen LogP contribution in [0, 0.1) is 0 Å². The van der Waals surface area contributed by atoms with Crippen LogP contribution in [-0.4, -0.2) is 15.2 Å². The van der Waals surface area contributed by atoms with Crippen molar-refractivity contribution in [1.29, 1.82) is 0 Å². The molecule has 0 fully saturated rings. The standard InChI is InChI=1S/C22H17N3/c1-2-5-17(6-3-1)8-9-18-10-12-21-20(15-18)22(25-24-21)13-11-19-7-4-14-23-16-19/h1-16H,(H,24,25)/b9-8+,13-11?. The SMILES string of the molecule is C(=Cc1n[nH]c2ccc(/C=C/c3ccccc3)cc12)c1cccnc1. The molecule has 0 bridgehead atoms. The molecular formula is C22H17N3. The number of nitrogens with one attached hydrogen (secondary N) is 1. The zero-order valence-corrected chi connectivity index (χ0v) is 13.6. The van der Waals surface area contributed by atoms with Crippen LogP contribution >= 0.6 is 0 Å². The number of H-pyrrole nitrogens is 1. The van der Waals surface area contributed by atoms with Crippen molar-refractivity contribution in [3.63, 3.8) is 0 Å². The van der Waals surface area contributed by atoms with Crippen molar-refractivity contribution >= 4 is 35.2 Å². The molecule has 3 nitrogen and oxygen atoms in total. The van der Waals surface area contributed by atoms with E-state index in [9.17, 15) is 0 Å². The first-order chi connectivity index (χ1) is 12.4. The summed E-state index contributed by atoms with van der Waals surface area (Å²) in [6, 6.07) is 20.5. The van der Waals surface area contributed by atoms with E-state index in [0.717, 1.165) is 27.7 Å². The number of hydrogen-bond donors (Lipinski definition) is 1. The lowest BCUT2D eigenvalue weighted by molar-refractivity contribution is 1.11. The van der Waals surface area contributed by atoms with E-state index in [1.165, 1.54) is 5.56 Å². The minimum absolute atomic E-state index is 0.925. The van der Waals surface area contributed by atoms with E-state index < -0.39 is 0 Å². The topological polar surface area (TPSA) is 41.6 Å². The van der Waals surface area contributed by atoms with Crippen LogP contribution in [0.25, 0.3) is 35.2 Å². The Kier molecular flexibility index (Phi) is 4.21. The molecular weight excluding hydrogens is 306 g/mol. The Morgan fingerprint density at radius 2 is 1.52 bits per heavy atom. The average Bonchev–Trinajstić information content (AvgIpc) is 3.09. The zero-order valence-electron chi connectivity index (χ0n) is 13.6. The summed E-state index contributed by atoms with van der Waals surface area (Å²) in [7, 11) is 0. The van der Waals surface area contributed by atoms with Crippen LogP contribution < -0.4 is 0 Å². The molecule has 0 saturated heterocycles. The molecule has 2 aromatic heterocycles. The fourth-order valence-electron chi connectivity index (χ4n) is 2.69. The van der Waals surface area contributed by atoms with Gasteiger partial charge in [0.15, 0.2) is 0 Å². The maximum Gasteiger partial charge on any atom is 0.0927 e. The van der Waals surface area contributed by atoms with E-state index in [2.05, 4.69) is 57.7 Å². The van der Waals surface area contributed by atoms with Crippen molar-refractivity contribution in [3.05, 3.63) is 95.4 Å². The second-order valence-corrected chi connectivity index (χ2v) is 5.78. The van der Waals surface area contributed by atoms with Crippen LogP contribution in [0.15, 0.2) is 73.1 Å². The van der Waals surface area contributed by atoms with Gasteiger partial charge in [-0.3, -0.25) is 10.1 Å². The molecule has 0 aliphatic heterocycles. The molecule has 1 N–H and O–H groups in total. The maximum absolute atomic E-state index is 4.41. The van der Waals surface area contributed by atoms with Crippen LogP contribution in [0.4, 0.5) is 0 Å². The Morgan fingerprint density at radius 1 is 0.720 bits per heavy atom. The number of hydrogen-bond acceptors (Lipinski definition) is 2. The van der Waals surface area contributed by atoms with Gasteiger partial charge in [0.2, 0.25) is 0 Å². The Morgan fingerprint density at radius 3 is 2.36 bits per heavy atom. The first-order valence-electron chi connectivity index (χ1n) is 8.18. The first kappa shape index (κ1) is 15.1. The van der Waals surface area contributed by atoms with Crippen LogP contribution in [0.3, 0.4) is 0 Å². The quantitative estimate of drug-likeness (QED) is 0.518. The van der Waals surface area contributed by atoms with Crippen molar-refractivity contribution < 1.29 is 0 Å². The lowest BCUT2D eigenvalue weighted by Gasteiger charge is -1.96. The smallest absolute Gasteiger partial charge is 0.0927 e. The molecule has 0 saturated carbocycles. The van der Waals surface area contributed by atoms with Crippen molar-refractivity contribution in [1.82, 2.24) is 15.2 Å². The van der Waals surface area contributed by atoms with Gasteiger partial charge in [-0.15, -0.1) is 0 Å². The highest BCUT2D eigenvalue weighted by molar-refractivity contribution is 5.91. The van der Waals surface area contributed by atoms with Crippen LogP contribution in [0.1, 0.15) is 22.4 Å². The number of rotatable bonds is 4. The van der Waals surface area contributed by atoms with Gasteiger partial charge < -0.3 is 0 Å². The molecule has 0 unspecified atom stereocenters. The van der Waals surface area contributed by atoms with Crippen LogP contribution in [0.2, 0.25) is 0 Å². The van der Waals surface area contributed by atoms with Crippen molar-refractivity contribution in [2.75, 3.05) is 0 Å². The predicted molar refractivity (Wildman–Crippen MR) is 105 cm³/mol. The van der Waals surface area contributed by atoms with Crippen LogP contribution in [-0.2, 0) is 0 Å². The van der Waals surface area contributed by atoms with Crippen molar-refractivity contribution in [3.8, 4) is 0 Å². The summed E-state index contributed by atoms with van der Waals surface area (Å²) in [5.74, 6) is 0. The first-order valence-corrected chi connectivity index (χ1v) is 8.18. The van der Waals surface area contributed by atoms with Gasteiger partial charge in [-0.05, 0) is 41.0 Å². The Balaban J connectivity index is 1.64. The van der Waals surface area contributed by atoms with Gasteiger partial charge in [-0.25, -0.2) is 0 Å². The summed E-state index contributed by atoms with van der Waals surface area (Å²) in [5, 5.41) is 8.60. The van der Waals surface area contributed by atoms with E-state index >= 15 is 0 Å². The lowest BCUT2D eigenvalue weighted by atomic mass is 10.1. The number of nitrogens with zero attached hydrogens (tertiary/aromatic N) is 2. The van der Waals surface area contributed by atoms with E-state index in [4.69, 9.17) is 0 Å². The van der Waals surface area contributed by atoms with Crippen LogP contribution in [0.5, 0.6) is 0 Å². The van der Waals surface area contributed by atoms with Gasteiger partial charge in [0.05, 0.1) is 11.2 Å². The Labute approximate surface area is 146 Å². The van der Waals surface area contributed by atoms with Gasteiger partial charge in [0, 0.05) is 17.8 Å². The summed E-state index contributed by atoms with van der Waals surface area (Å²) >= 11 is 0. The molecule has 0 spiro atoms. The second-order valence-electron chi connectivity index (χ2n) is 5.78. The van der Waals surface area contributed by atoms with Crippen molar-refractivity contribution in [2.24, 2.45) is 0 Å². The highest BCUT2D eigenvalue weighted by atomic mass is 15.1. The fourth-order valence-corrected chi connectivity index (χ4v) is 2.69. The highest BCUT2D eigenvalue weighted by Gasteiger charge is 2.03. The number of aromatic nitrogens is 3. The molecule has 2 heterocycles. The molecule has 25 heavy (non-hydrogen) atoms. The predicted octanol–water partition coefficient (Wildman–Crippen LogP) is 5.30. The molecule has 4 aromatic rings. The number of benzene rings is 2. The molecule has 4 rings (SSSR count).